The lowest BCUT2D eigenvalue weighted by atomic mass is 9.76. The van der Waals surface area contributed by atoms with Crippen molar-refractivity contribution in [3.05, 3.63) is 30.2 Å². The third-order valence-electron chi connectivity index (χ3n) is 4.49. The number of hydrogen-bond donors (Lipinski definition) is 1. The average molecular weight is 287 g/mol. The molecule has 1 N–H and O–H groups in total. The molecule has 0 aliphatic carbocycles. The van der Waals surface area contributed by atoms with Gasteiger partial charge in [0.2, 0.25) is 11.7 Å². The van der Waals surface area contributed by atoms with E-state index in [4.69, 9.17) is 9.26 Å². The number of rotatable bonds is 4. The molecule has 1 unspecified atom stereocenters. The Bertz CT molecular complexity index is 598. The summed E-state index contributed by atoms with van der Waals surface area (Å²) in [4.78, 5) is 4.65. The lowest BCUT2D eigenvalue weighted by Crippen LogP contribution is -2.35. The second kappa shape index (κ2) is 5.48. The van der Waals surface area contributed by atoms with Gasteiger partial charge in [-0.3, -0.25) is 0 Å². The average Bonchev–Trinajstić information content (AvgIpc) is 3.17. The maximum Gasteiger partial charge on any atom is 0.234 e. The maximum atomic E-state index is 5.59. The summed E-state index contributed by atoms with van der Waals surface area (Å²) in [7, 11) is 1.65. The normalized spacial score (nSPS) is 21.9. The summed E-state index contributed by atoms with van der Waals surface area (Å²) >= 11 is 0. The second-order valence-corrected chi connectivity index (χ2v) is 5.89. The van der Waals surface area contributed by atoms with Crippen LogP contribution in [0.2, 0.25) is 0 Å². The lowest BCUT2D eigenvalue weighted by molar-refractivity contribution is 0.234. The number of benzene rings is 1. The predicted octanol–water partition coefficient (Wildman–Crippen LogP) is 2.63. The van der Waals surface area contributed by atoms with Crippen molar-refractivity contribution in [1.82, 2.24) is 15.5 Å². The predicted molar refractivity (Wildman–Crippen MR) is 80.3 cm³/mol. The van der Waals surface area contributed by atoms with Gasteiger partial charge in [0.05, 0.1) is 12.5 Å². The molecule has 2 aromatic rings. The first-order valence-electron chi connectivity index (χ1n) is 7.35. The molecule has 112 valence electrons. The van der Waals surface area contributed by atoms with Crippen LogP contribution < -0.4 is 10.1 Å². The summed E-state index contributed by atoms with van der Waals surface area (Å²) < 4.78 is 10.8. The summed E-state index contributed by atoms with van der Waals surface area (Å²) in [5, 5.41) is 7.57. The van der Waals surface area contributed by atoms with Crippen LogP contribution in [0.1, 0.15) is 26.2 Å². The third-order valence-corrected chi connectivity index (χ3v) is 4.49. The molecule has 5 heteroatoms. The van der Waals surface area contributed by atoms with E-state index in [0.717, 1.165) is 36.7 Å². The van der Waals surface area contributed by atoms with Gasteiger partial charge in [-0.15, -0.1) is 0 Å². The molecule has 1 aromatic carbocycles. The lowest BCUT2D eigenvalue weighted by Gasteiger charge is -2.27. The monoisotopic (exact) mass is 287 g/mol. The smallest absolute Gasteiger partial charge is 0.234 e. The molecular weight excluding hydrogens is 266 g/mol. The second-order valence-electron chi connectivity index (χ2n) is 5.89. The van der Waals surface area contributed by atoms with E-state index in [1.165, 1.54) is 0 Å². The van der Waals surface area contributed by atoms with Crippen LogP contribution in [-0.2, 0) is 5.41 Å². The van der Waals surface area contributed by atoms with E-state index in [2.05, 4.69) is 29.3 Å². The van der Waals surface area contributed by atoms with Crippen molar-refractivity contribution < 1.29 is 9.26 Å². The molecule has 0 radical (unpaired) electrons. The van der Waals surface area contributed by atoms with Crippen LogP contribution in [0.3, 0.4) is 0 Å². The number of nitrogens with one attached hydrogen (secondary N) is 1. The Hall–Kier alpha value is -1.88. The van der Waals surface area contributed by atoms with Crippen LogP contribution in [0.4, 0.5) is 0 Å². The minimum Gasteiger partial charge on any atom is -0.497 e. The first-order valence-corrected chi connectivity index (χ1v) is 7.35. The molecule has 1 fully saturated rings. The Labute approximate surface area is 124 Å². The van der Waals surface area contributed by atoms with Gasteiger partial charge in [0, 0.05) is 12.1 Å². The quantitative estimate of drug-likeness (QED) is 0.936. The van der Waals surface area contributed by atoms with Gasteiger partial charge in [0.1, 0.15) is 5.75 Å². The number of hydrogen-bond acceptors (Lipinski definition) is 5. The minimum atomic E-state index is -0.0439. The Morgan fingerprint density at radius 2 is 2.05 bits per heavy atom. The fourth-order valence-electron chi connectivity index (χ4n) is 2.92. The van der Waals surface area contributed by atoms with Crippen LogP contribution in [0.5, 0.6) is 5.75 Å². The van der Waals surface area contributed by atoms with Gasteiger partial charge in [0.25, 0.3) is 0 Å². The topological polar surface area (TPSA) is 60.2 Å². The summed E-state index contributed by atoms with van der Waals surface area (Å²) in [6.07, 6.45) is 1.04. The standard InChI is InChI=1S/C16H21N3O2/c1-11(2)16(8-9-17-10-16)15-18-14(19-21-15)12-4-6-13(20-3)7-5-12/h4-7,11,17H,8-10H2,1-3H3. The van der Waals surface area contributed by atoms with E-state index < -0.39 is 0 Å². The summed E-state index contributed by atoms with van der Waals surface area (Å²) in [5.41, 5.74) is 0.896. The highest BCUT2D eigenvalue weighted by Gasteiger charge is 2.43. The molecule has 2 heterocycles. The van der Waals surface area contributed by atoms with Gasteiger partial charge in [-0.25, -0.2) is 0 Å². The third kappa shape index (κ3) is 2.42. The highest BCUT2D eigenvalue weighted by Crippen LogP contribution is 2.37. The molecule has 1 aliphatic rings. The van der Waals surface area contributed by atoms with Crippen molar-refractivity contribution >= 4 is 0 Å². The Morgan fingerprint density at radius 3 is 2.62 bits per heavy atom. The Morgan fingerprint density at radius 1 is 1.29 bits per heavy atom. The van der Waals surface area contributed by atoms with E-state index in [0.29, 0.717) is 11.7 Å². The van der Waals surface area contributed by atoms with Gasteiger partial charge in [-0.2, -0.15) is 4.98 Å². The van der Waals surface area contributed by atoms with Crippen LogP contribution in [-0.4, -0.2) is 30.3 Å². The zero-order chi connectivity index (χ0) is 14.9. The van der Waals surface area contributed by atoms with Gasteiger partial charge in [-0.05, 0) is 43.1 Å². The molecule has 0 amide bonds. The Balaban J connectivity index is 1.91. The molecule has 0 bridgehead atoms. The SMILES string of the molecule is COc1ccc(-c2noc(C3(C(C)C)CCNC3)n2)cc1. The van der Waals surface area contributed by atoms with Crippen LogP contribution in [0.25, 0.3) is 11.4 Å². The number of aromatic nitrogens is 2. The van der Waals surface area contributed by atoms with Gasteiger partial charge < -0.3 is 14.6 Å². The number of ether oxygens (including phenoxy) is 1. The van der Waals surface area contributed by atoms with Crippen LogP contribution >= 0.6 is 0 Å². The Kier molecular flexibility index (Phi) is 3.68. The maximum absolute atomic E-state index is 5.59. The van der Waals surface area contributed by atoms with Crippen LogP contribution in [0, 0.1) is 5.92 Å². The van der Waals surface area contributed by atoms with Gasteiger partial charge >= 0.3 is 0 Å². The fraction of sp³-hybridized carbons (Fsp3) is 0.500. The summed E-state index contributed by atoms with van der Waals surface area (Å²) in [6, 6.07) is 7.70. The minimum absolute atomic E-state index is 0.0439. The summed E-state index contributed by atoms with van der Waals surface area (Å²) in [6.45, 7) is 6.32. The van der Waals surface area contributed by atoms with Crippen molar-refractivity contribution in [2.24, 2.45) is 5.92 Å². The molecule has 1 aromatic heterocycles. The highest BCUT2D eigenvalue weighted by molar-refractivity contribution is 5.55. The van der Waals surface area contributed by atoms with E-state index in [-0.39, 0.29) is 5.41 Å². The zero-order valence-electron chi connectivity index (χ0n) is 12.7. The van der Waals surface area contributed by atoms with Crippen molar-refractivity contribution in [3.63, 3.8) is 0 Å². The van der Waals surface area contributed by atoms with E-state index in [9.17, 15) is 0 Å². The molecule has 0 spiro atoms. The van der Waals surface area contributed by atoms with E-state index >= 15 is 0 Å². The van der Waals surface area contributed by atoms with Crippen molar-refractivity contribution in [1.29, 1.82) is 0 Å². The molecule has 1 atom stereocenters. The summed E-state index contributed by atoms with van der Waals surface area (Å²) in [5.74, 6) is 2.66. The zero-order valence-corrected chi connectivity index (χ0v) is 12.7. The molecule has 1 saturated heterocycles. The van der Waals surface area contributed by atoms with Crippen molar-refractivity contribution in [2.75, 3.05) is 20.2 Å². The first kappa shape index (κ1) is 14.1. The molecular formula is C16H21N3O2. The van der Waals surface area contributed by atoms with Crippen molar-refractivity contribution in [2.45, 2.75) is 25.7 Å². The fourth-order valence-corrected chi connectivity index (χ4v) is 2.92. The molecule has 0 saturated carbocycles. The highest BCUT2D eigenvalue weighted by atomic mass is 16.5. The molecule has 1 aliphatic heterocycles. The largest absolute Gasteiger partial charge is 0.497 e. The van der Waals surface area contributed by atoms with Gasteiger partial charge in [-0.1, -0.05) is 19.0 Å². The molecule has 21 heavy (non-hydrogen) atoms. The molecule has 5 nitrogen and oxygen atoms in total. The van der Waals surface area contributed by atoms with E-state index in [1.54, 1.807) is 7.11 Å². The first-order chi connectivity index (χ1) is 10.2. The number of nitrogens with zero attached hydrogens (tertiary/aromatic N) is 2. The molecule has 3 rings (SSSR count). The van der Waals surface area contributed by atoms with Crippen LogP contribution in [0.15, 0.2) is 28.8 Å². The van der Waals surface area contributed by atoms with Gasteiger partial charge in [0.15, 0.2) is 0 Å². The number of methoxy groups -OCH3 is 1. The van der Waals surface area contributed by atoms with E-state index in [1.807, 2.05) is 24.3 Å². The van der Waals surface area contributed by atoms with Crippen molar-refractivity contribution in [3.8, 4) is 17.1 Å².